The minimum atomic E-state index is -4.67. The fourth-order valence-electron chi connectivity index (χ4n) is 2.77. The van der Waals surface area contributed by atoms with E-state index < -0.39 is 13.4 Å². The van der Waals surface area contributed by atoms with Gasteiger partial charge in [-0.25, -0.2) is 0 Å². The Morgan fingerprint density at radius 2 is 2.00 bits per heavy atom. The first-order valence-corrected chi connectivity index (χ1v) is 5.65. The van der Waals surface area contributed by atoms with Crippen molar-refractivity contribution in [3.63, 3.8) is 0 Å². The van der Waals surface area contributed by atoms with Crippen LogP contribution in [-0.4, -0.2) is 54.9 Å². The van der Waals surface area contributed by atoms with Crippen molar-refractivity contribution in [1.29, 1.82) is 0 Å². The van der Waals surface area contributed by atoms with Crippen molar-refractivity contribution >= 4 is 6.98 Å². The van der Waals surface area contributed by atoms with Gasteiger partial charge >= 0.3 is 6.98 Å². The average Bonchev–Trinajstić information content (AvgIpc) is 2.49. The van der Waals surface area contributed by atoms with Gasteiger partial charge in [-0.3, -0.25) is 4.90 Å². The first kappa shape index (κ1) is 11.3. The monoisotopic (exact) mass is 221 g/mol. The van der Waals surface area contributed by atoms with Crippen LogP contribution >= 0.6 is 0 Å². The van der Waals surface area contributed by atoms with Crippen LogP contribution in [0.15, 0.2) is 0 Å². The van der Waals surface area contributed by atoms with Gasteiger partial charge in [-0.2, -0.15) is 0 Å². The number of rotatable bonds is 2. The Labute approximate surface area is 88.5 Å². The van der Waals surface area contributed by atoms with Crippen LogP contribution in [0.2, 0.25) is 0 Å². The van der Waals surface area contributed by atoms with Crippen molar-refractivity contribution in [2.24, 2.45) is 0 Å². The average molecular weight is 221 g/mol. The number of hydrogen-bond donors (Lipinski definition) is 0. The van der Waals surface area contributed by atoms with Gasteiger partial charge < -0.3 is 17.8 Å². The van der Waals surface area contributed by atoms with Crippen LogP contribution in [0.25, 0.3) is 0 Å². The van der Waals surface area contributed by atoms with Crippen molar-refractivity contribution in [2.75, 3.05) is 26.1 Å². The van der Waals surface area contributed by atoms with E-state index in [1.165, 1.54) is 0 Å². The Bertz CT molecular complexity index is 234. The van der Waals surface area contributed by atoms with E-state index in [0.29, 0.717) is 12.6 Å². The van der Waals surface area contributed by atoms with Crippen LogP contribution in [0.1, 0.15) is 19.8 Å². The Morgan fingerprint density at radius 3 is 2.67 bits per heavy atom. The summed E-state index contributed by atoms with van der Waals surface area (Å²) in [5.74, 6) is 0. The molecule has 0 radical (unpaired) electrons. The molecule has 0 aromatic carbocycles. The molecule has 0 aromatic heterocycles. The molecule has 0 aromatic rings. The highest BCUT2D eigenvalue weighted by atomic mass is 19.4. The van der Waals surface area contributed by atoms with Crippen LogP contribution in [0.4, 0.5) is 12.9 Å². The first-order valence-electron chi connectivity index (χ1n) is 5.65. The van der Waals surface area contributed by atoms with Crippen molar-refractivity contribution in [2.45, 2.75) is 31.8 Å². The maximum atomic E-state index is 12.4. The van der Waals surface area contributed by atoms with Gasteiger partial charge in [0.2, 0.25) is 0 Å². The van der Waals surface area contributed by atoms with Gasteiger partial charge in [0.15, 0.2) is 0 Å². The van der Waals surface area contributed by atoms with Gasteiger partial charge in [0, 0.05) is 25.2 Å². The van der Waals surface area contributed by atoms with Crippen LogP contribution in [-0.2, 0) is 0 Å². The second-order valence-corrected chi connectivity index (χ2v) is 4.80. The molecule has 2 aliphatic rings. The normalized spacial score (nSPS) is 34.4. The molecule has 2 aliphatic heterocycles. The standard InChI is InChI=1S/C9H17BF3N2/c1-8-5-14-4-2-3-9(14)6-15(8)7-10(11,12)13/h8-9H,2-7H2,1H3/q-1. The van der Waals surface area contributed by atoms with E-state index in [4.69, 9.17) is 0 Å². The SMILES string of the molecule is CC1CN2CCCC2CN1C[B-](F)(F)F. The molecular formula is C9H17BF3N2-. The summed E-state index contributed by atoms with van der Waals surface area (Å²) < 4.78 is 37.1. The molecule has 0 amide bonds. The van der Waals surface area contributed by atoms with Crippen LogP contribution in [0.5, 0.6) is 0 Å². The predicted octanol–water partition coefficient (Wildman–Crippen LogP) is 1.54. The Hall–Kier alpha value is -0.225. The summed E-state index contributed by atoms with van der Waals surface area (Å²) in [6.45, 7) is -0.303. The topological polar surface area (TPSA) is 6.48 Å². The molecule has 0 aliphatic carbocycles. The molecular weight excluding hydrogens is 204 g/mol. The molecule has 2 rings (SSSR count). The highest BCUT2D eigenvalue weighted by molar-refractivity contribution is 6.58. The zero-order chi connectivity index (χ0) is 11.1. The molecule has 2 unspecified atom stereocenters. The van der Waals surface area contributed by atoms with Crippen molar-refractivity contribution in [3.05, 3.63) is 0 Å². The molecule has 2 fully saturated rings. The minimum Gasteiger partial charge on any atom is -0.448 e. The maximum Gasteiger partial charge on any atom is 0.492 e. The van der Waals surface area contributed by atoms with Crippen LogP contribution in [0.3, 0.4) is 0 Å². The number of piperazine rings is 1. The second-order valence-electron chi connectivity index (χ2n) is 4.80. The largest absolute Gasteiger partial charge is 0.492 e. The third-order valence-corrected chi connectivity index (χ3v) is 3.51. The van der Waals surface area contributed by atoms with Gasteiger partial charge in [0.25, 0.3) is 0 Å². The summed E-state index contributed by atoms with van der Waals surface area (Å²) in [5.41, 5.74) is 0. The Kier molecular flexibility index (Phi) is 2.99. The highest BCUT2D eigenvalue weighted by Crippen LogP contribution is 2.25. The molecule has 2 nitrogen and oxygen atoms in total. The number of fused-ring (bicyclic) bond motifs is 1. The summed E-state index contributed by atoms with van der Waals surface area (Å²) in [5, 5.41) is 0. The number of nitrogens with zero attached hydrogens (tertiary/aromatic N) is 2. The lowest BCUT2D eigenvalue weighted by Gasteiger charge is -2.44. The molecule has 15 heavy (non-hydrogen) atoms. The van der Waals surface area contributed by atoms with Crippen molar-refractivity contribution < 1.29 is 12.9 Å². The predicted molar refractivity (Wildman–Crippen MR) is 54.7 cm³/mol. The molecule has 0 bridgehead atoms. The maximum absolute atomic E-state index is 12.4. The molecule has 0 spiro atoms. The quantitative estimate of drug-likeness (QED) is 0.652. The van der Waals surface area contributed by atoms with E-state index in [1.807, 2.05) is 6.92 Å². The lowest BCUT2D eigenvalue weighted by atomic mass is 9.89. The van der Waals surface area contributed by atoms with E-state index in [2.05, 4.69) is 4.90 Å². The van der Waals surface area contributed by atoms with Crippen LogP contribution in [0, 0.1) is 0 Å². The fraction of sp³-hybridized carbons (Fsp3) is 1.00. The van der Waals surface area contributed by atoms with E-state index in [0.717, 1.165) is 25.9 Å². The molecule has 6 heteroatoms. The van der Waals surface area contributed by atoms with Gasteiger partial charge in [0.1, 0.15) is 0 Å². The van der Waals surface area contributed by atoms with E-state index in [9.17, 15) is 12.9 Å². The minimum absolute atomic E-state index is 0.0443. The highest BCUT2D eigenvalue weighted by Gasteiger charge is 2.37. The van der Waals surface area contributed by atoms with E-state index in [1.54, 1.807) is 4.90 Å². The third kappa shape index (κ3) is 2.66. The van der Waals surface area contributed by atoms with Gasteiger partial charge in [-0.15, -0.1) is 0 Å². The van der Waals surface area contributed by atoms with Gasteiger partial charge in [0.05, 0.1) is 0 Å². The van der Waals surface area contributed by atoms with Crippen LogP contribution < -0.4 is 0 Å². The molecule has 2 atom stereocenters. The lowest BCUT2D eigenvalue weighted by Crippen LogP contribution is -2.57. The molecule has 2 saturated heterocycles. The summed E-state index contributed by atoms with van der Waals surface area (Å²) in [4.78, 5) is 3.94. The fourth-order valence-corrected chi connectivity index (χ4v) is 2.77. The molecule has 0 saturated carbocycles. The molecule has 2 heterocycles. The van der Waals surface area contributed by atoms with E-state index >= 15 is 0 Å². The third-order valence-electron chi connectivity index (χ3n) is 3.51. The number of halogens is 3. The lowest BCUT2D eigenvalue weighted by molar-refractivity contribution is 0.0663. The second kappa shape index (κ2) is 3.98. The van der Waals surface area contributed by atoms with Crippen molar-refractivity contribution in [3.8, 4) is 0 Å². The molecule has 88 valence electrons. The zero-order valence-corrected chi connectivity index (χ0v) is 9.00. The van der Waals surface area contributed by atoms with Crippen molar-refractivity contribution in [1.82, 2.24) is 9.80 Å². The van der Waals surface area contributed by atoms with E-state index in [-0.39, 0.29) is 6.04 Å². The summed E-state index contributed by atoms with van der Waals surface area (Å²) >= 11 is 0. The zero-order valence-electron chi connectivity index (χ0n) is 9.00. The van der Waals surface area contributed by atoms with Gasteiger partial charge in [-0.1, -0.05) is 0 Å². The Balaban J connectivity index is 1.95. The number of hydrogen-bond acceptors (Lipinski definition) is 2. The molecule has 0 N–H and O–H groups in total. The Morgan fingerprint density at radius 1 is 1.27 bits per heavy atom. The smallest absolute Gasteiger partial charge is 0.448 e. The summed E-state index contributed by atoms with van der Waals surface area (Å²) in [6, 6.07) is 0.419. The summed E-state index contributed by atoms with van der Waals surface area (Å²) in [7, 11) is 0. The summed E-state index contributed by atoms with van der Waals surface area (Å²) in [6.07, 6.45) is 1.52. The van der Waals surface area contributed by atoms with Gasteiger partial charge in [-0.05, 0) is 32.8 Å². The first-order chi connectivity index (χ1) is 6.96.